The van der Waals surface area contributed by atoms with Crippen LogP contribution in [0.25, 0.3) is 6.08 Å². The fourth-order valence-electron chi connectivity index (χ4n) is 4.00. The molecular formula is C24H22N4O4S4. The van der Waals surface area contributed by atoms with Crippen molar-refractivity contribution in [3.63, 3.8) is 0 Å². The summed E-state index contributed by atoms with van der Waals surface area (Å²) in [5.74, 6) is 0. The maximum Gasteiger partial charge on any atom is 0.263 e. The molecule has 2 N–H and O–H groups in total. The number of fused-ring (bicyclic) bond motifs is 2. The molecule has 0 saturated heterocycles. The lowest BCUT2D eigenvalue weighted by molar-refractivity contribution is 0.599. The SMILES string of the molecule is O=S(=O)(Nc1nccs1)c1ccc2c(c1)C=CC2.O=S(=O)(Nc1nccs1)c1ccc2c(c1)CCC2. The zero-order chi connectivity index (χ0) is 25.2. The van der Waals surface area contributed by atoms with Crippen LogP contribution in [0, 0.1) is 0 Å². The molecule has 2 aliphatic carbocycles. The maximum absolute atomic E-state index is 12.2. The second-order valence-electron chi connectivity index (χ2n) is 8.14. The van der Waals surface area contributed by atoms with E-state index < -0.39 is 20.0 Å². The largest absolute Gasteiger partial charge is 0.263 e. The van der Waals surface area contributed by atoms with Crippen molar-refractivity contribution in [3.05, 3.63) is 87.9 Å². The van der Waals surface area contributed by atoms with Crippen molar-refractivity contribution < 1.29 is 16.8 Å². The second-order valence-corrected chi connectivity index (χ2v) is 13.3. The van der Waals surface area contributed by atoms with Crippen LogP contribution in [-0.4, -0.2) is 26.8 Å². The van der Waals surface area contributed by atoms with E-state index in [-0.39, 0.29) is 4.90 Å². The number of thiazole rings is 2. The maximum atomic E-state index is 12.2. The lowest BCUT2D eigenvalue weighted by Gasteiger charge is -2.07. The third kappa shape index (κ3) is 5.51. The van der Waals surface area contributed by atoms with Gasteiger partial charge in [-0.15, -0.1) is 22.7 Å². The first-order valence-electron chi connectivity index (χ1n) is 11.1. The number of rotatable bonds is 6. The van der Waals surface area contributed by atoms with E-state index in [1.165, 1.54) is 28.2 Å². The summed E-state index contributed by atoms with van der Waals surface area (Å²) >= 11 is 2.52. The van der Waals surface area contributed by atoms with Crippen LogP contribution >= 0.6 is 22.7 Å². The number of hydrogen-bond donors (Lipinski definition) is 2. The van der Waals surface area contributed by atoms with Gasteiger partial charge in [-0.1, -0.05) is 24.3 Å². The zero-order valence-corrected chi connectivity index (χ0v) is 22.2. The molecule has 4 aromatic rings. The quantitative estimate of drug-likeness (QED) is 0.346. The Hall–Kier alpha value is -3.06. The molecule has 0 bridgehead atoms. The second kappa shape index (κ2) is 10.1. The molecule has 0 atom stereocenters. The molecule has 8 nitrogen and oxygen atoms in total. The predicted molar refractivity (Wildman–Crippen MR) is 143 cm³/mol. The van der Waals surface area contributed by atoms with Crippen LogP contribution in [0.2, 0.25) is 0 Å². The third-order valence-electron chi connectivity index (χ3n) is 5.75. The lowest BCUT2D eigenvalue weighted by atomic mass is 10.1. The molecule has 0 unspecified atom stereocenters. The smallest absolute Gasteiger partial charge is 0.255 e. The number of hydrogen-bond acceptors (Lipinski definition) is 8. The standard InChI is InChI=1S/C12H12N2O2S2.C12H10N2O2S2/c2*15-18(16,14-12-13-6-7-17-12)11-5-4-9-2-1-3-10(9)8-11/h4-8H,1-3H2,(H,13,14);1,3-8H,2H2,(H,13,14). The molecule has 0 aliphatic heterocycles. The van der Waals surface area contributed by atoms with Crippen LogP contribution in [-0.2, 0) is 39.3 Å². The molecule has 2 aromatic heterocycles. The van der Waals surface area contributed by atoms with E-state index in [2.05, 4.69) is 19.4 Å². The number of aromatic nitrogens is 2. The van der Waals surface area contributed by atoms with Crippen molar-refractivity contribution in [1.29, 1.82) is 0 Å². The van der Waals surface area contributed by atoms with Gasteiger partial charge < -0.3 is 0 Å². The predicted octanol–water partition coefficient (Wildman–Crippen LogP) is 4.95. The Morgan fingerprint density at radius 1 is 0.722 bits per heavy atom. The van der Waals surface area contributed by atoms with Crippen LogP contribution in [0.15, 0.2) is 75.4 Å². The number of sulfonamides is 2. The average molecular weight is 559 g/mol. The van der Waals surface area contributed by atoms with Crippen molar-refractivity contribution in [2.75, 3.05) is 9.44 Å². The van der Waals surface area contributed by atoms with E-state index in [0.29, 0.717) is 15.2 Å². The number of nitrogens with zero attached hydrogens (tertiary/aromatic N) is 2. The summed E-state index contributed by atoms with van der Waals surface area (Å²) < 4.78 is 53.5. The number of nitrogens with one attached hydrogen (secondary N) is 2. The molecule has 2 aromatic carbocycles. The van der Waals surface area contributed by atoms with Crippen molar-refractivity contribution in [3.8, 4) is 0 Å². The number of aryl methyl sites for hydroxylation is 2. The van der Waals surface area contributed by atoms with Gasteiger partial charge >= 0.3 is 0 Å². The normalized spacial score (nSPS) is 14.0. The number of anilines is 2. The monoisotopic (exact) mass is 558 g/mol. The molecular weight excluding hydrogens is 537 g/mol. The Bertz CT molecular complexity index is 1610. The fourth-order valence-corrected chi connectivity index (χ4v) is 7.67. The summed E-state index contributed by atoms with van der Waals surface area (Å²) in [5, 5.41) is 4.24. The molecule has 2 heterocycles. The van der Waals surface area contributed by atoms with Crippen LogP contribution in [0.4, 0.5) is 10.3 Å². The topological polar surface area (TPSA) is 118 Å². The Balaban J connectivity index is 0.000000148. The lowest BCUT2D eigenvalue weighted by Crippen LogP contribution is -2.13. The van der Waals surface area contributed by atoms with E-state index in [0.717, 1.165) is 42.4 Å². The first-order chi connectivity index (χ1) is 17.3. The summed E-state index contributed by atoms with van der Waals surface area (Å²) in [6, 6.07) is 10.5. The minimum atomic E-state index is -3.54. The molecule has 36 heavy (non-hydrogen) atoms. The Morgan fingerprint density at radius 3 is 1.92 bits per heavy atom. The highest BCUT2D eigenvalue weighted by Gasteiger charge is 2.19. The third-order valence-corrected chi connectivity index (χ3v) is 10.1. The highest BCUT2D eigenvalue weighted by molar-refractivity contribution is 7.93. The van der Waals surface area contributed by atoms with Gasteiger partial charge in [0.15, 0.2) is 10.3 Å². The Morgan fingerprint density at radius 2 is 1.31 bits per heavy atom. The van der Waals surface area contributed by atoms with E-state index in [1.54, 1.807) is 47.4 Å². The fraction of sp³-hybridized carbons (Fsp3) is 0.167. The van der Waals surface area contributed by atoms with E-state index in [9.17, 15) is 16.8 Å². The van der Waals surface area contributed by atoms with Gasteiger partial charge in [0.05, 0.1) is 9.79 Å². The molecule has 0 radical (unpaired) electrons. The molecule has 0 spiro atoms. The van der Waals surface area contributed by atoms with Gasteiger partial charge in [0.25, 0.3) is 20.0 Å². The Labute approximate surface area is 217 Å². The van der Waals surface area contributed by atoms with Crippen molar-refractivity contribution in [2.45, 2.75) is 35.5 Å². The molecule has 186 valence electrons. The molecule has 2 aliphatic rings. The highest BCUT2D eigenvalue weighted by atomic mass is 32.2. The van der Waals surface area contributed by atoms with Crippen LogP contribution in [0.1, 0.15) is 28.7 Å². The first kappa shape index (κ1) is 24.6. The van der Waals surface area contributed by atoms with E-state index in [4.69, 9.17) is 0 Å². The number of benzene rings is 2. The van der Waals surface area contributed by atoms with Gasteiger partial charge in [0.2, 0.25) is 0 Å². The zero-order valence-electron chi connectivity index (χ0n) is 18.9. The highest BCUT2D eigenvalue weighted by Crippen LogP contribution is 2.27. The molecule has 0 fully saturated rings. The van der Waals surface area contributed by atoms with Crippen molar-refractivity contribution >= 4 is 59.1 Å². The van der Waals surface area contributed by atoms with E-state index in [1.807, 2.05) is 24.3 Å². The summed E-state index contributed by atoms with van der Waals surface area (Å²) in [6.45, 7) is 0. The summed E-state index contributed by atoms with van der Waals surface area (Å²) in [4.78, 5) is 8.43. The van der Waals surface area contributed by atoms with Gasteiger partial charge in [-0.3, -0.25) is 9.44 Å². The summed E-state index contributed by atoms with van der Waals surface area (Å²) in [7, 11) is -7.05. The van der Waals surface area contributed by atoms with Crippen LogP contribution < -0.4 is 9.44 Å². The van der Waals surface area contributed by atoms with Gasteiger partial charge in [-0.05, 0) is 72.2 Å². The molecule has 0 saturated carbocycles. The van der Waals surface area contributed by atoms with Gasteiger partial charge in [-0.2, -0.15) is 0 Å². The Kier molecular flexibility index (Phi) is 6.93. The average Bonchev–Trinajstić information content (AvgIpc) is 3.66. The van der Waals surface area contributed by atoms with Gasteiger partial charge in [-0.25, -0.2) is 26.8 Å². The molecule has 0 amide bonds. The van der Waals surface area contributed by atoms with Gasteiger partial charge in [0.1, 0.15) is 0 Å². The van der Waals surface area contributed by atoms with Gasteiger partial charge in [0, 0.05) is 23.2 Å². The van der Waals surface area contributed by atoms with Crippen molar-refractivity contribution in [1.82, 2.24) is 9.97 Å². The van der Waals surface area contributed by atoms with Crippen LogP contribution in [0.5, 0.6) is 0 Å². The number of allylic oxidation sites excluding steroid dienone is 1. The minimum absolute atomic E-state index is 0.267. The summed E-state index contributed by atoms with van der Waals surface area (Å²) in [5.41, 5.74) is 4.54. The van der Waals surface area contributed by atoms with Crippen LogP contribution in [0.3, 0.4) is 0 Å². The first-order valence-corrected chi connectivity index (χ1v) is 15.8. The minimum Gasteiger partial charge on any atom is -0.255 e. The molecule has 6 rings (SSSR count). The summed E-state index contributed by atoms with van der Waals surface area (Å²) in [6.07, 6.45) is 11.1. The van der Waals surface area contributed by atoms with Crippen molar-refractivity contribution in [2.24, 2.45) is 0 Å². The molecule has 12 heteroatoms. The van der Waals surface area contributed by atoms with E-state index >= 15 is 0 Å².